The number of hydrogen-bond acceptors (Lipinski definition) is 6. The van der Waals surface area contributed by atoms with Gasteiger partial charge in [-0.25, -0.2) is 8.78 Å². The van der Waals surface area contributed by atoms with E-state index in [4.69, 9.17) is 4.74 Å². The van der Waals surface area contributed by atoms with E-state index in [0.29, 0.717) is 49.4 Å². The maximum Gasteiger partial charge on any atom is 0.233 e. The Morgan fingerprint density at radius 2 is 1.80 bits per heavy atom. The van der Waals surface area contributed by atoms with Crippen LogP contribution < -0.4 is 4.90 Å². The number of rotatable bonds is 7. The molecular formula is C25H27F2N5O2S. The first-order chi connectivity index (χ1) is 17.1. The van der Waals surface area contributed by atoms with E-state index in [0.717, 1.165) is 25.0 Å². The lowest BCUT2D eigenvalue weighted by atomic mass is 10.2. The molecule has 0 bridgehead atoms. The van der Waals surface area contributed by atoms with E-state index in [2.05, 4.69) is 10.2 Å². The van der Waals surface area contributed by atoms with Crippen LogP contribution in [0.15, 0.2) is 53.7 Å². The van der Waals surface area contributed by atoms with Gasteiger partial charge in [-0.3, -0.25) is 9.36 Å². The van der Waals surface area contributed by atoms with Crippen molar-refractivity contribution >= 4 is 23.4 Å². The van der Waals surface area contributed by atoms with Gasteiger partial charge in [0.1, 0.15) is 11.6 Å². The molecule has 10 heteroatoms. The lowest BCUT2D eigenvalue weighted by Gasteiger charge is -2.36. The number of aromatic nitrogens is 3. The zero-order valence-corrected chi connectivity index (χ0v) is 20.1. The maximum atomic E-state index is 14.1. The zero-order valence-electron chi connectivity index (χ0n) is 19.3. The van der Waals surface area contributed by atoms with Crippen LogP contribution in [-0.4, -0.2) is 70.2 Å². The van der Waals surface area contributed by atoms with Crippen LogP contribution in [0.5, 0.6) is 0 Å². The average molecular weight is 500 g/mol. The number of ether oxygens (including phenoxy) is 1. The van der Waals surface area contributed by atoms with Crippen molar-refractivity contribution < 1.29 is 18.3 Å². The summed E-state index contributed by atoms with van der Waals surface area (Å²) in [5.41, 5.74) is 1.34. The van der Waals surface area contributed by atoms with Crippen LogP contribution in [-0.2, 0) is 16.1 Å². The van der Waals surface area contributed by atoms with Crippen LogP contribution in [0.4, 0.5) is 14.5 Å². The second-order valence-corrected chi connectivity index (χ2v) is 9.61. The summed E-state index contributed by atoms with van der Waals surface area (Å²) in [5, 5.41) is 9.33. The standard InChI is InChI=1S/C25H27F2N5O2S/c26-19-9-7-18(8-10-19)24-28-29-25(32(24)16-20-4-3-15-34-20)35-17-23(33)31-13-11-30(12-14-31)22-6-2-1-5-21(22)27/h1-2,5-10,20H,3-4,11-17H2/t20-/m1/s1. The van der Waals surface area contributed by atoms with Gasteiger partial charge in [0.05, 0.1) is 24.1 Å². The Hall–Kier alpha value is -2.98. The molecule has 0 unspecified atom stereocenters. The van der Waals surface area contributed by atoms with E-state index < -0.39 is 0 Å². The smallest absolute Gasteiger partial charge is 0.233 e. The first-order valence-electron chi connectivity index (χ1n) is 11.8. The molecule has 184 valence electrons. The summed E-state index contributed by atoms with van der Waals surface area (Å²) in [4.78, 5) is 16.7. The zero-order chi connectivity index (χ0) is 24.2. The number of carbonyl (C=O) groups excluding carboxylic acids is 1. The number of thioether (sulfide) groups is 1. The molecule has 2 aromatic carbocycles. The van der Waals surface area contributed by atoms with Gasteiger partial charge in [0.2, 0.25) is 5.91 Å². The third-order valence-corrected chi connectivity index (χ3v) is 7.33. The second kappa shape index (κ2) is 10.7. The molecule has 2 fully saturated rings. The van der Waals surface area contributed by atoms with E-state index >= 15 is 0 Å². The van der Waals surface area contributed by atoms with Gasteiger partial charge < -0.3 is 14.5 Å². The molecule has 3 aromatic rings. The van der Waals surface area contributed by atoms with Crippen molar-refractivity contribution in [2.24, 2.45) is 0 Å². The fourth-order valence-electron chi connectivity index (χ4n) is 4.49. The number of halogens is 2. The van der Waals surface area contributed by atoms with E-state index in [1.807, 2.05) is 20.4 Å². The van der Waals surface area contributed by atoms with Crippen LogP contribution >= 0.6 is 11.8 Å². The van der Waals surface area contributed by atoms with E-state index in [9.17, 15) is 13.6 Å². The first-order valence-corrected chi connectivity index (χ1v) is 12.8. The summed E-state index contributed by atoms with van der Waals surface area (Å²) >= 11 is 1.35. The van der Waals surface area contributed by atoms with E-state index in [1.165, 1.54) is 30.0 Å². The number of nitrogens with zero attached hydrogens (tertiary/aromatic N) is 5. The largest absolute Gasteiger partial charge is 0.376 e. The van der Waals surface area contributed by atoms with E-state index in [-0.39, 0.29) is 29.4 Å². The fourth-order valence-corrected chi connectivity index (χ4v) is 5.34. The summed E-state index contributed by atoms with van der Waals surface area (Å²) in [6, 6.07) is 12.9. The van der Waals surface area contributed by atoms with Crippen molar-refractivity contribution in [1.29, 1.82) is 0 Å². The highest BCUT2D eigenvalue weighted by atomic mass is 32.2. The Balaban J connectivity index is 1.24. The third kappa shape index (κ3) is 5.48. The fraction of sp³-hybridized carbons (Fsp3) is 0.400. The number of carbonyl (C=O) groups is 1. The highest BCUT2D eigenvalue weighted by molar-refractivity contribution is 7.99. The Morgan fingerprint density at radius 3 is 2.51 bits per heavy atom. The third-order valence-electron chi connectivity index (χ3n) is 6.38. The van der Waals surface area contributed by atoms with E-state index in [1.54, 1.807) is 24.3 Å². The van der Waals surface area contributed by atoms with Gasteiger partial charge in [-0.1, -0.05) is 23.9 Å². The van der Waals surface area contributed by atoms with Crippen LogP contribution in [0.25, 0.3) is 11.4 Å². The summed E-state index contributed by atoms with van der Waals surface area (Å²) in [5.74, 6) is 0.319. The Bertz CT molecular complexity index is 1160. The van der Waals surface area contributed by atoms with Gasteiger partial charge >= 0.3 is 0 Å². The van der Waals surface area contributed by atoms with Crippen molar-refractivity contribution in [3.63, 3.8) is 0 Å². The maximum absolute atomic E-state index is 14.1. The molecule has 2 aliphatic heterocycles. The molecule has 2 aliphatic rings. The van der Waals surface area contributed by atoms with Gasteiger partial charge in [-0.2, -0.15) is 0 Å². The molecule has 0 spiro atoms. The minimum absolute atomic E-state index is 0.0122. The molecule has 1 amide bonds. The first kappa shape index (κ1) is 23.7. The SMILES string of the molecule is O=C(CSc1nnc(-c2ccc(F)cc2)n1C[C@H]1CCCO1)N1CCN(c2ccccc2F)CC1. The van der Waals surface area contributed by atoms with Gasteiger partial charge in [0.15, 0.2) is 11.0 Å². The molecule has 0 N–H and O–H groups in total. The molecule has 1 atom stereocenters. The number of hydrogen-bond donors (Lipinski definition) is 0. The number of piperazine rings is 1. The molecule has 3 heterocycles. The summed E-state index contributed by atoms with van der Waals surface area (Å²) < 4.78 is 35.3. The molecule has 1 aromatic heterocycles. The van der Waals surface area contributed by atoms with Crippen molar-refractivity contribution in [1.82, 2.24) is 19.7 Å². The molecular weight excluding hydrogens is 472 g/mol. The van der Waals surface area contributed by atoms with Crippen molar-refractivity contribution in [2.45, 2.75) is 30.6 Å². The quantitative estimate of drug-likeness (QED) is 0.461. The molecule has 0 radical (unpaired) electrons. The molecule has 7 nitrogen and oxygen atoms in total. The second-order valence-electron chi connectivity index (χ2n) is 8.67. The molecule has 0 aliphatic carbocycles. The summed E-state index contributed by atoms with van der Waals surface area (Å²) in [6.07, 6.45) is 2.03. The summed E-state index contributed by atoms with van der Waals surface area (Å²) in [7, 11) is 0. The normalized spacial score (nSPS) is 18.3. The highest BCUT2D eigenvalue weighted by Crippen LogP contribution is 2.27. The number of benzene rings is 2. The highest BCUT2D eigenvalue weighted by Gasteiger charge is 2.25. The topological polar surface area (TPSA) is 63.5 Å². The predicted octanol–water partition coefficient (Wildman–Crippen LogP) is 3.84. The van der Waals surface area contributed by atoms with Gasteiger partial charge in [-0.15, -0.1) is 10.2 Å². The van der Waals surface area contributed by atoms with Gasteiger partial charge in [-0.05, 0) is 49.2 Å². The van der Waals surface area contributed by atoms with Crippen LogP contribution in [0.3, 0.4) is 0 Å². The predicted molar refractivity (Wildman–Crippen MR) is 130 cm³/mol. The van der Waals surface area contributed by atoms with Gasteiger partial charge in [0, 0.05) is 38.3 Å². The Labute approximate surface area is 207 Å². The van der Waals surface area contributed by atoms with Crippen molar-refractivity contribution in [3.8, 4) is 11.4 Å². The average Bonchev–Trinajstić information content (AvgIpc) is 3.54. The number of anilines is 1. The number of amides is 1. The molecule has 0 saturated carbocycles. The number of para-hydroxylation sites is 1. The van der Waals surface area contributed by atoms with Gasteiger partial charge in [0.25, 0.3) is 0 Å². The Kier molecular flexibility index (Phi) is 7.29. The Morgan fingerprint density at radius 1 is 1.03 bits per heavy atom. The van der Waals surface area contributed by atoms with Crippen LogP contribution in [0.2, 0.25) is 0 Å². The van der Waals surface area contributed by atoms with Crippen LogP contribution in [0, 0.1) is 11.6 Å². The monoisotopic (exact) mass is 499 g/mol. The lowest BCUT2D eigenvalue weighted by molar-refractivity contribution is -0.128. The minimum atomic E-state index is -0.311. The minimum Gasteiger partial charge on any atom is -0.376 e. The molecule has 5 rings (SSSR count). The lowest BCUT2D eigenvalue weighted by Crippen LogP contribution is -2.49. The van der Waals surface area contributed by atoms with Crippen molar-refractivity contribution in [3.05, 3.63) is 60.2 Å². The molecule has 2 saturated heterocycles. The van der Waals surface area contributed by atoms with Crippen molar-refractivity contribution in [2.75, 3.05) is 43.4 Å². The molecule has 35 heavy (non-hydrogen) atoms. The summed E-state index contributed by atoms with van der Waals surface area (Å²) in [6.45, 7) is 3.56. The van der Waals surface area contributed by atoms with Crippen LogP contribution in [0.1, 0.15) is 12.8 Å².